The number of hydrogen-bond acceptors (Lipinski definition) is 3. The molecule has 1 saturated heterocycles. The number of anilines is 1. The molecular formula is C12H17ClN2O2S. The largest absolute Gasteiger partial charge is 0.315 e. The zero-order valence-electron chi connectivity index (χ0n) is 10.2. The molecule has 1 unspecified atom stereocenters. The highest BCUT2D eigenvalue weighted by molar-refractivity contribution is 7.93. The van der Waals surface area contributed by atoms with Gasteiger partial charge < -0.3 is 5.32 Å². The summed E-state index contributed by atoms with van der Waals surface area (Å²) >= 11 is 5.98. The molecule has 1 fully saturated rings. The summed E-state index contributed by atoms with van der Waals surface area (Å²) in [5.41, 5.74) is 1.32. The number of halogens is 1. The number of benzene rings is 1. The number of nitrogens with one attached hydrogen (secondary N) is 2. The fraction of sp³-hybridized carbons (Fsp3) is 0.500. The van der Waals surface area contributed by atoms with Crippen LogP contribution in [0, 0.1) is 6.92 Å². The summed E-state index contributed by atoms with van der Waals surface area (Å²) in [4.78, 5) is 0. The van der Waals surface area contributed by atoms with Crippen molar-refractivity contribution in [3.05, 3.63) is 28.8 Å². The molecule has 2 rings (SSSR count). The Morgan fingerprint density at radius 2 is 2.22 bits per heavy atom. The summed E-state index contributed by atoms with van der Waals surface area (Å²) in [6.45, 7) is 3.20. The molecule has 4 nitrogen and oxygen atoms in total. The van der Waals surface area contributed by atoms with Crippen LogP contribution in [-0.4, -0.2) is 26.8 Å². The van der Waals surface area contributed by atoms with Gasteiger partial charge in [0.1, 0.15) is 0 Å². The van der Waals surface area contributed by atoms with E-state index in [1.165, 1.54) is 0 Å². The van der Waals surface area contributed by atoms with Crippen LogP contribution in [0.2, 0.25) is 5.02 Å². The Labute approximate surface area is 113 Å². The average molecular weight is 289 g/mol. The molecule has 1 aliphatic rings. The Hall–Kier alpha value is -0.780. The fourth-order valence-electron chi connectivity index (χ4n) is 2.04. The van der Waals surface area contributed by atoms with Crippen molar-refractivity contribution in [3.63, 3.8) is 0 Å². The highest BCUT2D eigenvalue weighted by Gasteiger charge is 2.27. The van der Waals surface area contributed by atoms with E-state index in [1.807, 2.05) is 0 Å². The van der Waals surface area contributed by atoms with E-state index >= 15 is 0 Å². The summed E-state index contributed by atoms with van der Waals surface area (Å²) in [6, 6.07) is 5.22. The minimum atomic E-state index is -3.35. The van der Waals surface area contributed by atoms with Crippen LogP contribution in [0.4, 0.5) is 5.69 Å². The van der Waals surface area contributed by atoms with Gasteiger partial charge in [-0.3, -0.25) is 4.72 Å². The van der Waals surface area contributed by atoms with Crippen LogP contribution < -0.4 is 10.0 Å². The predicted octanol–water partition coefficient (Wildman–Crippen LogP) is 2.14. The van der Waals surface area contributed by atoms with E-state index in [4.69, 9.17) is 11.6 Å². The SMILES string of the molecule is Cc1c(Cl)cccc1NS(=O)(=O)C1CCCNC1. The van der Waals surface area contributed by atoms with Crippen molar-refractivity contribution in [3.8, 4) is 0 Å². The van der Waals surface area contributed by atoms with Gasteiger partial charge in [-0.15, -0.1) is 0 Å². The maximum atomic E-state index is 12.2. The topological polar surface area (TPSA) is 58.2 Å². The number of piperidine rings is 1. The first-order valence-corrected chi connectivity index (χ1v) is 7.90. The van der Waals surface area contributed by atoms with Crippen LogP contribution in [0.1, 0.15) is 18.4 Å². The first-order chi connectivity index (χ1) is 8.50. The molecule has 0 amide bonds. The van der Waals surface area contributed by atoms with Gasteiger partial charge in [-0.25, -0.2) is 8.42 Å². The lowest BCUT2D eigenvalue weighted by Gasteiger charge is -2.24. The second-order valence-corrected chi connectivity index (χ2v) is 6.90. The van der Waals surface area contributed by atoms with E-state index in [-0.39, 0.29) is 5.25 Å². The van der Waals surface area contributed by atoms with E-state index < -0.39 is 10.0 Å². The lowest BCUT2D eigenvalue weighted by atomic mass is 10.2. The Bertz CT molecular complexity index is 525. The van der Waals surface area contributed by atoms with Gasteiger partial charge in [-0.2, -0.15) is 0 Å². The summed E-state index contributed by atoms with van der Waals surface area (Å²) in [5, 5.41) is 3.30. The lowest BCUT2D eigenvalue weighted by molar-refractivity contribution is 0.499. The van der Waals surface area contributed by atoms with Crippen molar-refractivity contribution in [2.45, 2.75) is 25.0 Å². The zero-order valence-corrected chi connectivity index (χ0v) is 11.8. The van der Waals surface area contributed by atoms with Crippen molar-refractivity contribution < 1.29 is 8.42 Å². The Kier molecular flexibility index (Phi) is 4.14. The van der Waals surface area contributed by atoms with Crippen molar-refractivity contribution in [2.75, 3.05) is 17.8 Å². The van der Waals surface area contributed by atoms with Crippen LogP contribution in [-0.2, 0) is 10.0 Å². The van der Waals surface area contributed by atoms with E-state index in [9.17, 15) is 8.42 Å². The van der Waals surface area contributed by atoms with E-state index in [0.29, 0.717) is 23.7 Å². The van der Waals surface area contributed by atoms with E-state index in [0.717, 1.165) is 18.5 Å². The van der Waals surface area contributed by atoms with Crippen LogP contribution in [0.5, 0.6) is 0 Å². The van der Waals surface area contributed by atoms with Crippen molar-refractivity contribution in [1.82, 2.24) is 5.32 Å². The van der Waals surface area contributed by atoms with Crippen molar-refractivity contribution in [1.29, 1.82) is 0 Å². The van der Waals surface area contributed by atoms with Gasteiger partial charge in [0.05, 0.1) is 10.9 Å². The molecule has 1 heterocycles. The number of sulfonamides is 1. The Balaban J connectivity index is 2.19. The van der Waals surface area contributed by atoms with Gasteiger partial charge >= 0.3 is 0 Å². The van der Waals surface area contributed by atoms with Crippen molar-refractivity contribution in [2.24, 2.45) is 0 Å². The molecule has 1 aromatic carbocycles. The first-order valence-electron chi connectivity index (χ1n) is 5.98. The van der Waals surface area contributed by atoms with Crippen LogP contribution in [0.15, 0.2) is 18.2 Å². The minimum Gasteiger partial charge on any atom is -0.315 e. The molecule has 0 radical (unpaired) electrons. The number of hydrogen-bond donors (Lipinski definition) is 2. The van der Waals surface area contributed by atoms with Gasteiger partial charge in [-0.05, 0) is 44.0 Å². The standard InChI is InChI=1S/C12H17ClN2O2S/c1-9-11(13)5-2-6-12(9)15-18(16,17)10-4-3-7-14-8-10/h2,5-6,10,14-15H,3-4,7-8H2,1H3. The quantitative estimate of drug-likeness (QED) is 0.896. The molecule has 100 valence electrons. The molecule has 1 aliphatic heterocycles. The summed E-state index contributed by atoms with van der Waals surface area (Å²) < 4.78 is 27.1. The molecule has 0 aliphatic carbocycles. The van der Waals surface area contributed by atoms with Crippen molar-refractivity contribution >= 4 is 27.3 Å². The van der Waals surface area contributed by atoms with Gasteiger partial charge in [-0.1, -0.05) is 17.7 Å². The van der Waals surface area contributed by atoms with Crippen LogP contribution in [0.3, 0.4) is 0 Å². The molecule has 0 aromatic heterocycles. The minimum absolute atomic E-state index is 0.371. The van der Waals surface area contributed by atoms with Gasteiger partial charge in [0.2, 0.25) is 10.0 Å². The molecule has 18 heavy (non-hydrogen) atoms. The molecule has 0 spiro atoms. The molecular weight excluding hydrogens is 272 g/mol. The maximum absolute atomic E-state index is 12.2. The number of rotatable bonds is 3. The molecule has 0 bridgehead atoms. The third kappa shape index (κ3) is 2.96. The van der Waals surface area contributed by atoms with Gasteiger partial charge in [0.25, 0.3) is 0 Å². The van der Waals surface area contributed by atoms with Gasteiger partial charge in [0.15, 0.2) is 0 Å². The third-order valence-corrected chi connectivity index (χ3v) is 5.40. The Morgan fingerprint density at radius 1 is 1.44 bits per heavy atom. The first kappa shape index (κ1) is 13.6. The molecule has 6 heteroatoms. The highest BCUT2D eigenvalue weighted by Crippen LogP contribution is 2.25. The molecule has 2 N–H and O–H groups in total. The highest BCUT2D eigenvalue weighted by atomic mass is 35.5. The normalized spacial score (nSPS) is 20.7. The fourth-order valence-corrected chi connectivity index (χ4v) is 3.72. The monoisotopic (exact) mass is 288 g/mol. The smallest absolute Gasteiger partial charge is 0.236 e. The van der Waals surface area contributed by atoms with E-state index in [1.54, 1.807) is 25.1 Å². The summed E-state index contributed by atoms with van der Waals surface area (Å²) in [7, 11) is -3.35. The molecule has 1 aromatic rings. The van der Waals surface area contributed by atoms with E-state index in [2.05, 4.69) is 10.0 Å². The zero-order chi connectivity index (χ0) is 13.2. The predicted molar refractivity (Wildman–Crippen MR) is 74.6 cm³/mol. The van der Waals surface area contributed by atoms with Crippen LogP contribution in [0.25, 0.3) is 0 Å². The Morgan fingerprint density at radius 3 is 2.89 bits per heavy atom. The molecule has 0 saturated carbocycles. The maximum Gasteiger partial charge on any atom is 0.236 e. The van der Waals surface area contributed by atoms with Gasteiger partial charge in [0, 0.05) is 11.6 Å². The lowest BCUT2D eigenvalue weighted by Crippen LogP contribution is -2.41. The second kappa shape index (κ2) is 5.47. The summed E-state index contributed by atoms with van der Waals surface area (Å²) in [6.07, 6.45) is 1.59. The molecule has 1 atom stereocenters. The average Bonchev–Trinajstić information content (AvgIpc) is 2.36. The third-order valence-electron chi connectivity index (χ3n) is 3.21. The summed E-state index contributed by atoms with van der Waals surface area (Å²) in [5.74, 6) is 0. The van der Waals surface area contributed by atoms with Crippen LogP contribution >= 0.6 is 11.6 Å². The second-order valence-electron chi connectivity index (χ2n) is 4.53.